The summed E-state index contributed by atoms with van der Waals surface area (Å²) in [5.74, 6) is 0. The zero-order chi connectivity index (χ0) is 16.7. The number of nitrogens with zero attached hydrogens (tertiary/aromatic N) is 3. The van der Waals surface area contributed by atoms with Crippen molar-refractivity contribution in [1.82, 2.24) is 14.0 Å². The molecule has 1 aliphatic heterocycles. The van der Waals surface area contributed by atoms with Gasteiger partial charge in [0.15, 0.2) is 0 Å². The molecule has 0 amide bonds. The van der Waals surface area contributed by atoms with Crippen molar-refractivity contribution < 1.29 is 0 Å². The molecule has 4 rings (SSSR count). The molecule has 4 heteroatoms. The number of aromatic nitrogens is 2. The van der Waals surface area contributed by atoms with Crippen LogP contribution >= 0.6 is 0 Å². The maximum Gasteiger partial charge on any atom is 0.255 e. The normalized spacial score (nSPS) is 15.6. The zero-order valence-corrected chi connectivity index (χ0v) is 14.3. The van der Waals surface area contributed by atoms with E-state index < -0.39 is 0 Å². The first-order chi connectivity index (χ1) is 11.6. The summed E-state index contributed by atoms with van der Waals surface area (Å²) in [5.41, 5.74) is 3.59. The summed E-state index contributed by atoms with van der Waals surface area (Å²) in [6.07, 6.45) is 2.90. The molecule has 0 fully saturated rings. The van der Waals surface area contributed by atoms with Gasteiger partial charge in [0, 0.05) is 66.6 Å². The van der Waals surface area contributed by atoms with Crippen LogP contribution in [0.5, 0.6) is 0 Å². The number of pyridine rings is 1. The molecule has 0 radical (unpaired) electrons. The summed E-state index contributed by atoms with van der Waals surface area (Å²) >= 11 is 0. The Kier molecular flexibility index (Phi) is 3.77. The third kappa shape index (κ3) is 2.57. The molecule has 0 unspecified atom stereocenters. The van der Waals surface area contributed by atoms with E-state index in [4.69, 9.17) is 0 Å². The van der Waals surface area contributed by atoms with Crippen molar-refractivity contribution in [3.8, 4) is 5.69 Å². The highest BCUT2D eigenvalue weighted by molar-refractivity contribution is 5.83. The summed E-state index contributed by atoms with van der Waals surface area (Å²) in [6.45, 7) is 7.76. The standard InChI is InChI=1S/C20H23N3O/c1-15(2)21-10-8-18-14-16-13-17(23-9-4-3-5-20(23)24)6-7-19(16)22(18)12-11-21/h3-7,9,13-15H,8,10-12H2,1-2H3. The van der Waals surface area contributed by atoms with Crippen LogP contribution in [0.1, 0.15) is 19.5 Å². The number of hydrogen-bond donors (Lipinski definition) is 0. The van der Waals surface area contributed by atoms with Gasteiger partial charge in [-0.25, -0.2) is 0 Å². The molecule has 24 heavy (non-hydrogen) atoms. The van der Waals surface area contributed by atoms with E-state index in [0.29, 0.717) is 6.04 Å². The first kappa shape index (κ1) is 15.2. The Hall–Kier alpha value is -2.33. The monoisotopic (exact) mass is 321 g/mol. The Bertz CT molecular complexity index is 935. The van der Waals surface area contributed by atoms with Crippen molar-refractivity contribution in [1.29, 1.82) is 0 Å². The molecule has 3 heterocycles. The molecule has 4 nitrogen and oxygen atoms in total. The molecule has 0 bridgehead atoms. The second kappa shape index (κ2) is 5.95. The van der Waals surface area contributed by atoms with Crippen molar-refractivity contribution in [2.45, 2.75) is 32.9 Å². The Morgan fingerprint density at radius 2 is 1.88 bits per heavy atom. The predicted octanol–water partition coefficient (Wildman–Crippen LogP) is 3.06. The molecule has 0 aliphatic carbocycles. The van der Waals surface area contributed by atoms with Crippen LogP contribution in [0.15, 0.2) is 53.5 Å². The van der Waals surface area contributed by atoms with Crippen molar-refractivity contribution in [2.75, 3.05) is 13.1 Å². The largest absolute Gasteiger partial charge is 0.343 e. The Morgan fingerprint density at radius 1 is 1.00 bits per heavy atom. The van der Waals surface area contributed by atoms with Crippen molar-refractivity contribution in [2.24, 2.45) is 0 Å². The fourth-order valence-corrected chi connectivity index (χ4v) is 3.69. The van der Waals surface area contributed by atoms with E-state index >= 15 is 0 Å². The van der Waals surface area contributed by atoms with Gasteiger partial charge in [-0.3, -0.25) is 14.3 Å². The predicted molar refractivity (Wildman–Crippen MR) is 97.9 cm³/mol. The highest BCUT2D eigenvalue weighted by atomic mass is 16.1. The molecular formula is C20H23N3O. The quantitative estimate of drug-likeness (QED) is 0.726. The molecule has 0 atom stereocenters. The average molecular weight is 321 g/mol. The van der Waals surface area contributed by atoms with Gasteiger partial charge in [0.2, 0.25) is 0 Å². The smallest absolute Gasteiger partial charge is 0.255 e. The third-order valence-corrected chi connectivity index (χ3v) is 5.07. The molecule has 124 valence electrons. The summed E-state index contributed by atoms with van der Waals surface area (Å²) in [5, 5.41) is 1.22. The van der Waals surface area contributed by atoms with Crippen LogP contribution in [0.2, 0.25) is 0 Å². The van der Waals surface area contributed by atoms with Crippen LogP contribution in [-0.2, 0) is 13.0 Å². The van der Waals surface area contributed by atoms with Crippen LogP contribution in [0.4, 0.5) is 0 Å². The number of rotatable bonds is 2. The number of benzene rings is 1. The van der Waals surface area contributed by atoms with Crippen LogP contribution < -0.4 is 5.56 Å². The highest BCUT2D eigenvalue weighted by Gasteiger charge is 2.18. The minimum Gasteiger partial charge on any atom is -0.343 e. The lowest BCUT2D eigenvalue weighted by molar-refractivity contribution is 0.227. The molecular weight excluding hydrogens is 298 g/mol. The van der Waals surface area contributed by atoms with Crippen LogP contribution in [0, 0.1) is 0 Å². The Morgan fingerprint density at radius 3 is 2.67 bits per heavy atom. The second-order valence-electron chi connectivity index (χ2n) is 6.82. The first-order valence-corrected chi connectivity index (χ1v) is 8.68. The van der Waals surface area contributed by atoms with Gasteiger partial charge in [0.05, 0.1) is 0 Å². The molecule has 0 spiro atoms. The molecule has 0 saturated carbocycles. The number of hydrogen-bond acceptors (Lipinski definition) is 2. The van der Waals surface area contributed by atoms with E-state index in [9.17, 15) is 4.79 Å². The van der Waals surface area contributed by atoms with Gasteiger partial charge in [-0.1, -0.05) is 6.07 Å². The lowest BCUT2D eigenvalue weighted by Gasteiger charge is -2.23. The number of fused-ring (bicyclic) bond motifs is 3. The first-order valence-electron chi connectivity index (χ1n) is 8.68. The van der Waals surface area contributed by atoms with Gasteiger partial charge in [0.25, 0.3) is 5.56 Å². The maximum atomic E-state index is 12.0. The molecule has 1 aromatic carbocycles. The van der Waals surface area contributed by atoms with Crippen LogP contribution in [-0.4, -0.2) is 33.2 Å². The zero-order valence-electron chi connectivity index (χ0n) is 14.3. The summed E-state index contributed by atoms with van der Waals surface area (Å²) < 4.78 is 4.14. The average Bonchev–Trinajstić information content (AvgIpc) is 2.77. The van der Waals surface area contributed by atoms with E-state index in [1.54, 1.807) is 16.7 Å². The lowest BCUT2D eigenvalue weighted by atomic mass is 10.2. The van der Waals surface area contributed by atoms with E-state index in [1.165, 1.54) is 16.6 Å². The minimum atomic E-state index is 0.00481. The highest BCUT2D eigenvalue weighted by Crippen LogP contribution is 2.25. The van der Waals surface area contributed by atoms with E-state index in [-0.39, 0.29) is 5.56 Å². The molecule has 0 saturated heterocycles. The van der Waals surface area contributed by atoms with E-state index in [1.807, 2.05) is 18.3 Å². The third-order valence-electron chi connectivity index (χ3n) is 5.07. The van der Waals surface area contributed by atoms with Gasteiger partial charge in [-0.15, -0.1) is 0 Å². The van der Waals surface area contributed by atoms with Crippen molar-refractivity contribution in [3.63, 3.8) is 0 Å². The Labute approximate surface area is 141 Å². The molecule has 1 aliphatic rings. The molecule has 2 aromatic heterocycles. The second-order valence-corrected chi connectivity index (χ2v) is 6.82. The SMILES string of the molecule is CC(C)N1CCc2cc3cc(-n4ccccc4=O)ccc3n2CC1. The van der Waals surface area contributed by atoms with Gasteiger partial charge in [-0.05, 0) is 44.2 Å². The molecule has 0 N–H and O–H groups in total. The van der Waals surface area contributed by atoms with E-state index in [2.05, 4.69) is 41.5 Å². The van der Waals surface area contributed by atoms with Crippen LogP contribution in [0.25, 0.3) is 16.6 Å². The summed E-state index contributed by atoms with van der Waals surface area (Å²) in [6, 6.07) is 14.5. The van der Waals surface area contributed by atoms with E-state index in [0.717, 1.165) is 31.7 Å². The van der Waals surface area contributed by atoms with Gasteiger partial charge in [0.1, 0.15) is 0 Å². The Balaban J connectivity index is 1.75. The topological polar surface area (TPSA) is 30.2 Å². The van der Waals surface area contributed by atoms with Gasteiger partial charge < -0.3 is 4.57 Å². The lowest BCUT2D eigenvalue weighted by Crippen LogP contribution is -2.33. The fraction of sp³-hybridized carbons (Fsp3) is 0.350. The minimum absolute atomic E-state index is 0.00481. The maximum absolute atomic E-state index is 12.0. The van der Waals surface area contributed by atoms with Crippen LogP contribution in [0.3, 0.4) is 0 Å². The summed E-state index contributed by atoms with van der Waals surface area (Å²) in [4.78, 5) is 14.6. The molecule has 3 aromatic rings. The van der Waals surface area contributed by atoms with Gasteiger partial charge >= 0.3 is 0 Å². The van der Waals surface area contributed by atoms with Crippen molar-refractivity contribution in [3.05, 3.63) is 64.7 Å². The van der Waals surface area contributed by atoms with Crippen molar-refractivity contribution >= 4 is 10.9 Å². The van der Waals surface area contributed by atoms with Gasteiger partial charge in [-0.2, -0.15) is 0 Å². The fourth-order valence-electron chi connectivity index (χ4n) is 3.69. The summed E-state index contributed by atoms with van der Waals surface area (Å²) in [7, 11) is 0.